The number of hydrogen-bond acceptors (Lipinski definition) is 2. The van der Waals surface area contributed by atoms with Crippen molar-refractivity contribution in [3.63, 3.8) is 0 Å². The molecule has 0 aliphatic rings. The van der Waals surface area contributed by atoms with Crippen molar-refractivity contribution in [2.24, 2.45) is 0 Å². The van der Waals surface area contributed by atoms with Gasteiger partial charge < -0.3 is 5.11 Å². The minimum Gasteiger partial charge on any atom is -0.394 e. The predicted molar refractivity (Wildman–Crippen MR) is 71.7 cm³/mol. The molecule has 17 heavy (non-hydrogen) atoms. The quantitative estimate of drug-likeness (QED) is 0.761. The molecule has 0 aromatic heterocycles. The third-order valence-electron chi connectivity index (χ3n) is 3.21. The molecule has 0 unspecified atom stereocenters. The van der Waals surface area contributed by atoms with Crippen molar-refractivity contribution < 1.29 is 5.11 Å². The van der Waals surface area contributed by atoms with Gasteiger partial charge in [0.05, 0.1) is 13.2 Å². The van der Waals surface area contributed by atoms with Crippen LogP contribution in [0.25, 0.3) is 0 Å². The van der Waals surface area contributed by atoms with Gasteiger partial charge in [-0.15, -0.1) is 0 Å². The minimum atomic E-state index is -0.175. The molecule has 2 heteroatoms. The lowest BCUT2D eigenvalue weighted by molar-refractivity contribution is 0.156. The van der Waals surface area contributed by atoms with E-state index in [1.165, 1.54) is 0 Å². The van der Waals surface area contributed by atoms with E-state index in [2.05, 4.69) is 31.0 Å². The van der Waals surface area contributed by atoms with Crippen LogP contribution in [0, 0.1) is 11.8 Å². The molecule has 0 heterocycles. The maximum Gasteiger partial charge on any atom is 0.0613 e. The van der Waals surface area contributed by atoms with E-state index in [1.807, 2.05) is 30.3 Å². The van der Waals surface area contributed by atoms with Gasteiger partial charge in [-0.1, -0.05) is 43.9 Å². The second-order valence-electron chi connectivity index (χ2n) is 4.17. The van der Waals surface area contributed by atoms with Gasteiger partial charge in [-0.3, -0.25) is 5.32 Å². The standard InChI is InChI=1S/C15H21NO/c1-3-15(4-2,13-17)16-12-8-11-14-9-6-5-7-10-14/h5-7,9-10,16-17H,3-4,12-13H2,1-2H3. The molecule has 0 spiro atoms. The molecular weight excluding hydrogens is 210 g/mol. The Hall–Kier alpha value is -1.30. The molecule has 2 N–H and O–H groups in total. The molecule has 0 aliphatic carbocycles. The third kappa shape index (κ3) is 4.22. The Labute approximate surface area is 104 Å². The number of hydrogen-bond donors (Lipinski definition) is 2. The highest BCUT2D eigenvalue weighted by Crippen LogP contribution is 2.13. The van der Waals surface area contributed by atoms with Gasteiger partial charge in [0.15, 0.2) is 0 Å². The Bertz CT molecular complexity index is 363. The fraction of sp³-hybridized carbons (Fsp3) is 0.467. The molecule has 0 radical (unpaired) electrons. The average Bonchev–Trinajstić information content (AvgIpc) is 2.41. The molecular formula is C15H21NO. The Morgan fingerprint density at radius 1 is 1.18 bits per heavy atom. The Balaban J connectivity index is 2.50. The minimum absolute atomic E-state index is 0.160. The van der Waals surface area contributed by atoms with Crippen LogP contribution in [-0.4, -0.2) is 23.8 Å². The van der Waals surface area contributed by atoms with Crippen molar-refractivity contribution >= 4 is 0 Å². The van der Waals surface area contributed by atoms with E-state index in [1.54, 1.807) is 0 Å². The lowest BCUT2D eigenvalue weighted by Crippen LogP contribution is -2.47. The first-order valence-electron chi connectivity index (χ1n) is 6.16. The summed E-state index contributed by atoms with van der Waals surface area (Å²) in [6.45, 7) is 4.93. The van der Waals surface area contributed by atoms with Gasteiger partial charge in [0.1, 0.15) is 0 Å². The first-order valence-corrected chi connectivity index (χ1v) is 6.16. The summed E-state index contributed by atoms with van der Waals surface area (Å²) >= 11 is 0. The fourth-order valence-corrected chi connectivity index (χ4v) is 1.68. The number of benzene rings is 1. The van der Waals surface area contributed by atoms with Crippen molar-refractivity contribution in [2.45, 2.75) is 32.2 Å². The van der Waals surface area contributed by atoms with Crippen LogP contribution in [-0.2, 0) is 0 Å². The van der Waals surface area contributed by atoms with Crippen LogP contribution in [0.4, 0.5) is 0 Å². The van der Waals surface area contributed by atoms with E-state index in [4.69, 9.17) is 0 Å². The zero-order chi connectivity index (χ0) is 12.6. The number of rotatable bonds is 5. The molecule has 92 valence electrons. The number of aliphatic hydroxyl groups excluding tert-OH is 1. The third-order valence-corrected chi connectivity index (χ3v) is 3.21. The lowest BCUT2D eigenvalue weighted by Gasteiger charge is -2.29. The number of aliphatic hydroxyl groups is 1. The summed E-state index contributed by atoms with van der Waals surface area (Å²) in [6.07, 6.45) is 1.82. The normalized spacial score (nSPS) is 10.8. The van der Waals surface area contributed by atoms with Crippen LogP contribution in [0.15, 0.2) is 30.3 Å². The maximum atomic E-state index is 9.38. The second-order valence-corrected chi connectivity index (χ2v) is 4.17. The van der Waals surface area contributed by atoms with E-state index in [0.717, 1.165) is 18.4 Å². The van der Waals surface area contributed by atoms with Gasteiger partial charge in [-0.05, 0) is 25.0 Å². The molecule has 0 saturated carbocycles. The highest BCUT2D eigenvalue weighted by molar-refractivity contribution is 5.33. The molecule has 0 amide bonds. The van der Waals surface area contributed by atoms with Crippen LogP contribution < -0.4 is 5.32 Å². The Morgan fingerprint density at radius 3 is 2.35 bits per heavy atom. The predicted octanol–water partition coefficient (Wildman–Crippen LogP) is 2.18. The summed E-state index contributed by atoms with van der Waals surface area (Å²) in [5.41, 5.74) is 0.850. The molecule has 0 fully saturated rings. The Morgan fingerprint density at radius 2 is 1.82 bits per heavy atom. The van der Waals surface area contributed by atoms with Crippen molar-refractivity contribution in [2.75, 3.05) is 13.2 Å². The largest absolute Gasteiger partial charge is 0.394 e. The van der Waals surface area contributed by atoms with Crippen molar-refractivity contribution in [1.29, 1.82) is 0 Å². The van der Waals surface area contributed by atoms with Crippen LogP contribution in [0.1, 0.15) is 32.3 Å². The molecule has 0 saturated heterocycles. The van der Waals surface area contributed by atoms with Gasteiger partial charge in [0.2, 0.25) is 0 Å². The Kier molecular flexibility index (Phi) is 5.76. The second kappa shape index (κ2) is 7.11. The molecule has 0 bridgehead atoms. The summed E-state index contributed by atoms with van der Waals surface area (Å²) in [7, 11) is 0. The molecule has 1 rings (SSSR count). The lowest BCUT2D eigenvalue weighted by atomic mass is 9.94. The van der Waals surface area contributed by atoms with Gasteiger partial charge in [0.25, 0.3) is 0 Å². The summed E-state index contributed by atoms with van der Waals surface area (Å²) in [5, 5.41) is 12.7. The smallest absolute Gasteiger partial charge is 0.0613 e. The molecule has 1 aromatic rings. The highest BCUT2D eigenvalue weighted by atomic mass is 16.3. The van der Waals surface area contributed by atoms with Crippen LogP contribution >= 0.6 is 0 Å². The molecule has 0 aliphatic heterocycles. The van der Waals surface area contributed by atoms with Crippen molar-refractivity contribution in [3.8, 4) is 11.8 Å². The highest BCUT2D eigenvalue weighted by Gasteiger charge is 2.23. The maximum absolute atomic E-state index is 9.38. The van der Waals surface area contributed by atoms with Gasteiger partial charge in [-0.2, -0.15) is 0 Å². The van der Waals surface area contributed by atoms with Crippen LogP contribution in [0.5, 0.6) is 0 Å². The van der Waals surface area contributed by atoms with Crippen LogP contribution in [0.2, 0.25) is 0 Å². The summed E-state index contributed by atoms with van der Waals surface area (Å²) < 4.78 is 0. The monoisotopic (exact) mass is 231 g/mol. The van der Waals surface area contributed by atoms with E-state index in [-0.39, 0.29) is 12.1 Å². The average molecular weight is 231 g/mol. The van der Waals surface area contributed by atoms with E-state index >= 15 is 0 Å². The van der Waals surface area contributed by atoms with E-state index in [9.17, 15) is 5.11 Å². The molecule has 1 aromatic carbocycles. The van der Waals surface area contributed by atoms with Gasteiger partial charge >= 0.3 is 0 Å². The van der Waals surface area contributed by atoms with E-state index < -0.39 is 0 Å². The van der Waals surface area contributed by atoms with Gasteiger partial charge in [0, 0.05) is 11.1 Å². The summed E-state index contributed by atoms with van der Waals surface area (Å²) in [4.78, 5) is 0. The zero-order valence-corrected chi connectivity index (χ0v) is 10.7. The van der Waals surface area contributed by atoms with Gasteiger partial charge in [-0.25, -0.2) is 0 Å². The van der Waals surface area contributed by atoms with Crippen molar-refractivity contribution in [3.05, 3.63) is 35.9 Å². The first kappa shape index (κ1) is 13.8. The molecule has 2 nitrogen and oxygen atoms in total. The van der Waals surface area contributed by atoms with Crippen LogP contribution in [0.3, 0.4) is 0 Å². The fourth-order valence-electron chi connectivity index (χ4n) is 1.68. The van der Waals surface area contributed by atoms with Crippen molar-refractivity contribution in [1.82, 2.24) is 5.32 Å². The number of nitrogens with one attached hydrogen (secondary N) is 1. The summed E-state index contributed by atoms with van der Waals surface area (Å²) in [6, 6.07) is 9.92. The molecule has 0 atom stereocenters. The SMILES string of the molecule is CCC(CC)(CO)NCC#Cc1ccccc1. The summed E-state index contributed by atoms with van der Waals surface area (Å²) in [5.74, 6) is 6.18. The van der Waals surface area contributed by atoms with E-state index in [0.29, 0.717) is 6.54 Å². The topological polar surface area (TPSA) is 32.3 Å². The first-order chi connectivity index (χ1) is 8.26. The zero-order valence-electron chi connectivity index (χ0n) is 10.7.